The maximum atomic E-state index is 6.28. The Morgan fingerprint density at radius 1 is 0.438 bits per heavy atom. The van der Waals surface area contributed by atoms with E-state index in [2.05, 4.69) is 171 Å². The Hall–Kier alpha value is -5.08. The number of halogens is 2. The highest BCUT2D eigenvalue weighted by atomic mass is 35.5. The lowest BCUT2D eigenvalue weighted by Gasteiger charge is -2.24. The lowest BCUT2D eigenvalue weighted by molar-refractivity contribution is 1.27. The molecule has 0 unspecified atom stereocenters. The molecule has 3 heteroatoms. The van der Waals surface area contributed by atoms with Crippen LogP contribution in [0.1, 0.15) is 44.5 Å². The summed E-state index contributed by atoms with van der Waals surface area (Å²) in [5, 5.41) is 1.40. The largest absolute Gasteiger partial charge is 0.317 e. The molecule has 6 aromatic carbocycles. The van der Waals surface area contributed by atoms with Crippen molar-refractivity contribution < 1.29 is 0 Å². The number of benzene rings is 6. The Balaban J connectivity index is 1.36. The van der Waals surface area contributed by atoms with Gasteiger partial charge in [0.05, 0.1) is 0 Å². The minimum absolute atomic E-state index is 0.702. The third-order valence-corrected chi connectivity index (χ3v) is 8.83. The smallest absolute Gasteiger partial charge is 0.0456 e. The van der Waals surface area contributed by atoms with Crippen LogP contribution in [0.5, 0.6) is 0 Å². The van der Waals surface area contributed by atoms with Gasteiger partial charge in [0.25, 0.3) is 0 Å². The molecule has 236 valence electrons. The molecule has 6 aromatic rings. The van der Waals surface area contributed by atoms with Gasteiger partial charge in [0.2, 0.25) is 0 Å². The van der Waals surface area contributed by atoms with Gasteiger partial charge in [0.1, 0.15) is 0 Å². The van der Waals surface area contributed by atoms with Crippen molar-refractivity contribution in [2.24, 2.45) is 0 Å². The third-order valence-electron chi connectivity index (χ3n) is 8.33. The summed E-state index contributed by atoms with van der Waals surface area (Å²) in [5.74, 6) is 0. The van der Waals surface area contributed by atoms with E-state index in [1.54, 1.807) is 0 Å². The number of hydrogen-bond donors (Lipinski definition) is 0. The topological polar surface area (TPSA) is 3.24 Å². The molecular formula is C45H37Cl2N. The first-order chi connectivity index (χ1) is 23.3. The average molecular weight is 663 g/mol. The summed E-state index contributed by atoms with van der Waals surface area (Å²) < 4.78 is 0. The van der Waals surface area contributed by atoms with Crippen LogP contribution in [0.2, 0.25) is 10.0 Å². The molecule has 0 heterocycles. The normalized spacial score (nSPS) is 10.9. The van der Waals surface area contributed by atoms with Crippen LogP contribution in [0.3, 0.4) is 0 Å². The predicted octanol–water partition coefficient (Wildman–Crippen LogP) is 13.3. The second-order valence-electron chi connectivity index (χ2n) is 12.0. The van der Waals surface area contributed by atoms with Gasteiger partial charge in [0.15, 0.2) is 0 Å². The highest BCUT2D eigenvalue weighted by molar-refractivity contribution is 6.31. The molecule has 0 N–H and O–H groups in total. The first kappa shape index (κ1) is 32.8. The zero-order chi connectivity index (χ0) is 33.5. The molecule has 0 aliphatic carbocycles. The molecule has 0 spiro atoms. The van der Waals surface area contributed by atoms with Crippen LogP contribution >= 0.6 is 23.2 Å². The molecule has 0 atom stereocenters. The molecule has 0 fully saturated rings. The van der Waals surface area contributed by atoms with Crippen LogP contribution in [-0.2, 0) is 0 Å². The molecule has 48 heavy (non-hydrogen) atoms. The van der Waals surface area contributed by atoms with E-state index in [9.17, 15) is 0 Å². The van der Waals surface area contributed by atoms with E-state index >= 15 is 0 Å². The molecule has 0 amide bonds. The van der Waals surface area contributed by atoms with Crippen molar-refractivity contribution >= 4 is 51.8 Å². The number of allylic oxidation sites excluding steroid dienone is 2. The van der Waals surface area contributed by atoms with Gasteiger partial charge in [0, 0.05) is 33.2 Å². The van der Waals surface area contributed by atoms with Gasteiger partial charge in [-0.1, -0.05) is 155 Å². The molecule has 0 radical (unpaired) electrons. The number of aryl methyl sites for hydroxylation is 3. The van der Waals surface area contributed by atoms with Gasteiger partial charge in [-0.15, -0.1) is 0 Å². The lowest BCUT2D eigenvalue weighted by Crippen LogP contribution is -2.10. The van der Waals surface area contributed by atoms with E-state index in [0.29, 0.717) is 10.0 Å². The molecular weight excluding hydrogens is 625 g/mol. The van der Waals surface area contributed by atoms with Crippen LogP contribution in [0, 0.1) is 20.8 Å². The summed E-state index contributed by atoms with van der Waals surface area (Å²) >= 11 is 12.6. The molecule has 1 nitrogen and oxygen atoms in total. The SMILES string of the molecule is Cc1ccc(C(=CC=Cc2ccc(N(C=C(c3ccc(Cl)cc3)c3ccc(Cl)cc3)c3ccc(C)cc3)cc2)c2ccc(C)cc2)cc1. The first-order valence-electron chi connectivity index (χ1n) is 16.0. The van der Waals surface area contributed by atoms with Crippen molar-refractivity contribution in [3.63, 3.8) is 0 Å². The predicted molar refractivity (Wildman–Crippen MR) is 208 cm³/mol. The minimum Gasteiger partial charge on any atom is -0.317 e. The third kappa shape index (κ3) is 8.25. The second-order valence-corrected chi connectivity index (χ2v) is 12.9. The van der Waals surface area contributed by atoms with Gasteiger partial charge in [-0.05, 0) is 103 Å². The van der Waals surface area contributed by atoms with Gasteiger partial charge < -0.3 is 4.90 Å². The Morgan fingerprint density at radius 3 is 1.23 bits per heavy atom. The number of hydrogen-bond acceptors (Lipinski definition) is 1. The fourth-order valence-electron chi connectivity index (χ4n) is 5.53. The fraction of sp³-hybridized carbons (Fsp3) is 0.0667. The quantitative estimate of drug-likeness (QED) is 0.139. The zero-order valence-electron chi connectivity index (χ0n) is 27.4. The summed E-state index contributed by atoms with van der Waals surface area (Å²) in [5.41, 5.74) is 13.7. The Morgan fingerprint density at radius 2 is 0.792 bits per heavy atom. The Labute approximate surface area is 294 Å². The van der Waals surface area contributed by atoms with E-state index < -0.39 is 0 Å². The Kier molecular flexibility index (Phi) is 10.4. The average Bonchev–Trinajstić information content (AvgIpc) is 3.10. The molecule has 0 saturated heterocycles. The van der Waals surface area contributed by atoms with Crippen molar-refractivity contribution in [3.8, 4) is 0 Å². The van der Waals surface area contributed by atoms with Crippen LogP contribution < -0.4 is 4.90 Å². The van der Waals surface area contributed by atoms with E-state index in [0.717, 1.165) is 33.6 Å². The summed E-state index contributed by atoms with van der Waals surface area (Å²) in [7, 11) is 0. The highest BCUT2D eigenvalue weighted by Gasteiger charge is 2.13. The van der Waals surface area contributed by atoms with Gasteiger partial charge in [-0.2, -0.15) is 0 Å². The van der Waals surface area contributed by atoms with E-state index in [1.165, 1.54) is 33.4 Å². The van der Waals surface area contributed by atoms with Crippen LogP contribution in [-0.4, -0.2) is 0 Å². The van der Waals surface area contributed by atoms with Crippen molar-refractivity contribution in [1.82, 2.24) is 0 Å². The fourth-order valence-corrected chi connectivity index (χ4v) is 5.79. The number of anilines is 2. The van der Waals surface area contributed by atoms with Crippen LogP contribution in [0.15, 0.2) is 164 Å². The lowest BCUT2D eigenvalue weighted by atomic mass is 9.96. The van der Waals surface area contributed by atoms with Crippen molar-refractivity contribution in [2.75, 3.05) is 4.90 Å². The van der Waals surface area contributed by atoms with E-state index in [-0.39, 0.29) is 0 Å². The molecule has 0 aromatic heterocycles. The van der Waals surface area contributed by atoms with Gasteiger partial charge in [-0.25, -0.2) is 0 Å². The maximum Gasteiger partial charge on any atom is 0.0456 e. The van der Waals surface area contributed by atoms with Gasteiger partial charge >= 0.3 is 0 Å². The molecule has 0 bridgehead atoms. The van der Waals surface area contributed by atoms with Crippen LogP contribution in [0.4, 0.5) is 11.4 Å². The highest BCUT2D eigenvalue weighted by Crippen LogP contribution is 2.33. The molecule has 0 aliphatic rings. The Bertz CT molecular complexity index is 1950. The second kappa shape index (κ2) is 15.2. The monoisotopic (exact) mass is 661 g/mol. The number of nitrogens with zero attached hydrogens (tertiary/aromatic N) is 1. The number of rotatable bonds is 9. The summed E-state index contributed by atoms with van der Waals surface area (Å²) in [6.07, 6.45) is 8.70. The zero-order valence-corrected chi connectivity index (χ0v) is 28.9. The van der Waals surface area contributed by atoms with E-state index in [4.69, 9.17) is 23.2 Å². The first-order valence-corrected chi connectivity index (χ1v) is 16.8. The van der Waals surface area contributed by atoms with Crippen molar-refractivity contribution in [2.45, 2.75) is 20.8 Å². The molecule has 0 saturated carbocycles. The molecule has 6 rings (SSSR count). The van der Waals surface area contributed by atoms with Crippen molar-refractivity contribution in [1.29, 1.82) is 0 Å². The summed E-state index contributed by atoms with van der Waals surface area (Å²) in [6, 6.07) is 50.6. The summed E-state index contributed by atoms with van der Waals surface area (Å²) in [6.45, 7) is 6.35. The maximum absolute atomic E-state index is 6.28. The standard InChI is InChI=1S/C45H37Cl2N/c1-32-7-15-36(16-8-32)44(37-17-9-33(2)10-18-37)6-4-5-35-13-29-43(30-14-35)48(42-27-11-34(3)12-28-42)31-45(38-19-23-40(46)24-20-38)39-21-25-41(47)26-22-39/h4-31H,1-3H3. The molecule has 0 aliphatic heterocycles. The minimum atomic E-state index is 0.702. The van der Waals surface area contributed by atoms with E-state index in [1.807, 2.05) is 24.3 Å². The summed E-state index contributed by atoms with van der Waals surface area (Å²) in [4.78, 5) is 2.23. The van der Waals surface area contributed by atoms with Crippen molar-refractivity contribution in [3.05, 3.63) is 218 Å². The van der Waals surface area contributed by atoms with Gasteiger partial charge in [-0.3, -0.25) is 0 Å². The van der Waals surface area contributed by atoms with Crippen LogP contribution in [0.25, 0.3) is 17.2 Å².